The van der Waals surface area contributed by atoms with Crippen LogP contribution in [-0.4, -0.2) is 46.9 Å². The van der Waals surface area contributed by atoms with Crippen LogP contribution in [0.25, 0.3) is 0 Å². The summed E-state index contributed by atoms with van der Waals surface area (Å²) in [6.45, 7) is 9.16. The maximum atomic E-state index is 13.4. The second-order valence-corrected chi connectivity index (χ2v) is 20.2. The number of ether oxygens (including phenoxy) is 7. The van der Waals surface area contributed by atoms with E-state index in [1.54, 1.807) is 60.7 Å². The molecule has 8 aromatic rings. The lowest BCUT2D eigenvalue weighted by Crippen LogP contribution is -2.12. The Balaban J connectivity index is 1.31. The van der Waals surface area contributed by atoms with Gasteiger partial charge in [-0.3, -0.25) is 33.6 Å². The Hall–Kier alpha value is -10.2. The van der Waals surface area contributed by atoms with E-state index in [-0.39, 0.29) is 55.1 Å². The van der Waals surface area contributed by atoms with Crippen LogP contribution in [0.15, 0.2) is 158 Å². The highest BCUT2D eigenvalue weighted by atomic mass is 16.6. The maximum Gasteiger partial charge on any atom is 0.308 e. The van der Waals surface area contributed by atoms with E-state index < -0.39 is 41.8 Å². The molecule has 0 radical (unpaired) electrons. The zero-order valence-electron chi connectivity index (χ0n) is 47.6. The minimum absolute atomic E-state index is 0.0153. The van der Waals surface area contributed by atoms with Crippen molar-refractivity contribution in [3.05, 3.63) is 236 Å². The van der Waals surface area contributed by atoms with Gasteiger partial charge in [-0.1, -0.05) is 121 Å². The first-order chi connectivity index (χ1) is 40.2. The van der Waals surface area contributed by atoms with Crippen molar-refractivity contribution >= 4 is 41.8 Å². The Labute approximate surface area is 486 Å². The number of para-hydroxylation sites is 4. The third-order valence-corrected chi connectivity index (χ3v) is 13.2. The molecule has 0 aliphatic rings. The van der Waals surface area contributed by atoms with E-state index in [1.807, 2.05) is 97.1 Å². The molecule has 0 aromatic heterocycles. The molecule has 0 atom stereocenters. The molecule has 0 aliphatic heterocycles. The van der Waals surface area contributed by atoms with E-state index in [9.17, 15) is 38.7 Å². The van der Waals surface area contributed by atoms with Crippen molar-refractivity contribution in [2.45, 2.75) is 93.4 Å². The summed E-state index contributed by atoms with van der Waals surface area (Å²) < 4.78 is 40.5. The molecule has 8 aromatic carbocycles. The number of benzene rings is 8. The topological polar surface area (TPSA) is 204 Å². The molecular formula is C69H62O15. The minimum Gasteiger partial charge on any atom is -0.508 e. The van der Waals surface area contributed by atoms with Crippen molar-refractivity contribution in [3.8, 4) is 46.0 Å². The fourth-order valence-electron chi connectivity index (χ4n) is 10.1. The van der Waals surface area contributed by atoms with E-state index in [1.165, 1.54) is 48.5 Å². The molecule has 84 heavy (non-hydrogen) atoms. The number of hydrogen-bond donors (Lipinski definition) is 1. The van der Waals surface area contributed by atoms with Gasteiger partial charge in [-0.2, -0.15) is 0 Å². The molecule has 1 N–H and O–H groups in total. The molecular weight excluding hydrogens is 1070 g/mol. The van der Waals surface area contributed by atoms with Gasteiger partial charge in [-0.05, 0) is 110 Å². The van der Waals surface area contributed by atoms with Crippen molar-refractivity contribution in [1.82, 2.24) is 0 Å². The predicted molar refractivity (Wildman–Crippen MR) is 312 cm³/mol. The molecule has 428 valence electrons. The normalized spacial score (nSPS) is 10.8. The number of rotatable bonds is 21. The molecule has 15 heteroatoms. The van der Waals surface area contributed by atoms with Gasteiger partial charge < -0.3 is 38.3 Å². The summed E-state index contributed by atoms with van der Waals surface area (Å²) in [6, 6.07) is 46.6. The van der Waals surface area contributed by atoms with Gasteiger partial charge in [0.05, 0.1) is 0 Å². The van der Waals surface area contributed by atoms with Gasteiger partial charge in [0.2, 0.25) is 0 Å². The molecule has 0 amide bonds. The summed E-state index contributed by atoms with van der Waals surface area (Å²) in [6.07, 6.45) is 1.31. The quantitative estimate of drug-likeness (QED) is 0.0525. The summed E-state index contributed by atoms with van der Waals surface area (Å²) in [4.78, 5) is 88.2. The molecule has 0 heterocycles. The molecule has 0 saturated carbocycles. The van der Waals surface area contributed by atoms with Crippen LogP contribution >= 0.6 is 0 Å². The maximum absolute atomic E-state index is 13.4. The van der Waals surface area contributed by atoms with Gasteiger partial charge in [0.25, 0.3) is 0 Å². The summed E-state index contributed by atoms with van der Waals surface area (Å²) in [5.41, 5.74) is 9.02. The molecule has 8 rings (SSSR count). The standard InChI is InChI=1S/C69H62O15/c1-41(70)78-62-26-23-48(24-27-62)29-50-32-59(39-56-19-14-18-55(67(56)82-45(5)74)36-52-15-8-11-20-64(52)79-42(2)71)69(84-47(7)76)60(33-50)40-61-35-51(34-58(68(61)83-46(6)75)38-54-17-10-13-22-66(54)81-44(4)73)30-49-25-28-63(77)57(31-49)37-53-16-9-12-21-65(53)80-43(3)72/h8-28,31-35,77H,29-30,36-40H2,1-7H3. The first kappa shape index (κ1) is 60.0. The van der Waals surface area contributed by atoms with E-state index in [0.29, 0.717) is 91.5 Å². The fraction of sp³-hybridized carbons (Fsp3) is 0.203. The van der Waals surface area contributed by atoms with Gasteiger partial charge in [0.15, 0.2) is 0 Å². The largest absolute Gasteiger partial charge is 0.508 e. The van der Waals surface area contributed by atoms with Crippen molar-refractivity contribution in [1.29, 1.82) is 0 Å². The fourth-order valence-corrected chi connectivity index (χ4v) is 10.1. The van der Waals surface area contributed by atoms with Crippen LogP contribution < -0.4 is 33.2 Å². The summed E-state index contributed by atoms with van der Waals surface area (Å²) in [5.74, 6) is -1.68. The number of carbonyl (C=O) groups excluding carboxylic acids is 7. The third kappa shape index (κ3) is 16.5. The van der Waals surface area contributed by atoms with Crippen LogP contribution in [0.5, 0.6) is 46.0 Å². The summed E-state index contributed by atoms with van der Waals surface area (Å²) in [7, 11) is 0. The van der Waals surface area contributed by atoms with Crippen LogP contribution in [0.1, 0.15) is 126 Å². The highest BCUT2D eigenvalue weighted by Crippen LogP contribution is 2.40. The number of phenols is 1. The Morgan fingerprint density at radius 2 is 0.571 bits per heavy atom. The predicted octanol–water partition coefficient (Wildman–Crippen LogP) is 12.0. The average Bonchev–Trinajstić information content (AvgIpc) is 3.36. The SMILES string of the molecule is CC(=O)Oc1ccc(Cc2cc(Cc3cccc(Cc4ccccc4OC(C)=O)c3OC(C)=O)c(OC(C)=O)c(Cc3cc(Cc4ccc(O)c(Cc5ccccc5OC(C)=O)c4)cc(Cc4ccccc4OC(C)=O)c3OC(C)=O)c2)cc1. The highest BCUT2D eigenvalue weighted by Gasteiger charge is 2.25. The first-order valence-electron chi connectivity index (χ1n) is 27.1. The Kier molecular flexibility index (Phi) is 19.7. The number of esters is 7. The van der Waals surface area contributed by atoms with Crippen LogP contribution in [0.4, 0.5) is 0 Å². The van der Waals surface area contributed by atoms with Crippen molar-refractivity contribution < 1.29 is 71.8 Å². The average molecular weight is 1130 g/mol. The second kappa shape index (κ2) is 27.5. The molecule has 0 bridgehead atoms. The Bertz CT molecular complexity index is 3820. The minimum atomic E-state index is -0.627. The molecule has 0 fully saturated rings. The molecule has 15 nitrogen and oxygen atoms in total. The van der Waals surface area contributed by atoms with Gasteiger partial charge in [0, 0.05) is 97.3 Å². The van der Waals surface area contributed by atoms with E-state index >= 15 is 0 Å². The van der Waals surface area contributed by atoms with Crippen molar-refractivity contribution in [2.24, 2.45) is 0 Å². The molecule has 0 spiro atoms. The lowest BCUT2D eigenvalue weighted by atomic mass is 9.89. The second-order valence-electron chi connectivity index (χ2n) is 20.2. The Morgan fingerprint density at radius 3 is 0.976 bits per heavy atom. The zero-order chi connectivity index (χ0) is 60.0. The van der Waals surface area contributed by atoms with Gasteiger partial charge in [-0.15, -0.1) is 0 Å². The third-order valence-electron chi connectivity index (χ3n) is 13.2. The van der Waals surface area contributed by atoms with Gasteiger partial charge >= 0.3 is 41.8 Å². The molecule has 0 aliphatic carbocycles. The number of hydrogen-bond acceptors (Lipinski definition) is 15. The number of phenolic OH excluding ortho intramolecular Hbond substituents is 1. The van der Waals surface area contributed by atoms with Crippen LogP contribution in [-0.2, 0) is 78.5 Å². The first-order valence-corrected chi connectivity index (χ1v) is 27.1. The smallest absolute Gasteiger partial charge is 0.308 e. The monoisotopic (exact) mass is 1130 g/mol. The number of carbonyl (C=O) groups is 7. The van der Waals surface area contributed by atoms with Gasteiger partial charge in [-0.25, -0.2) is 0 Å². The van der Waals surface area contributed by atoms with Crippen LogP contribution in [0.3, 0.4) is 0 Å². The highest BCUT2D eigenvalue weighted by molar-refractivity contribution is 5.75. The van der Waals surface area contributed by atoms with E-state index in [4.69, 9.17) is 33.2 Å². The van der Waals surface area contributed by atoms with Gasteiger partial charge in [0.1, 0.15) is 46.0 Å². The van der Waals surface area contributed by atoms with E-state index in [0.717, 1.165) is 22.3 Å². The molecule has 0 unspecified atom stereocenters. The lowest BCUT2D eigenvalue weighted by Gasteiger charge is -2.21. The van der Waals surface area contributed by atoms with Crippen molar-refractivity contribution in [3.63, 3.8) is 0 Å². The van der Waals surface area contributed by atoms with Crippen LogP contribution in [0.2, 0.25) is 0 Å². The molecule has 0 saturated heterocycles. The van der Waals surface area contributed by atoms with Crippen molar-refractivity contribution in [2.75, 3.05) is 0 Å². The number of aromatic hydroxyl groups is 1. The Morgan fingerprint density at radius 1 is 0.274 bits per heavy atom. The summed E-state index contributed by atoms with van der Waals surface area (Å²) >= 11 is 0. The van der Waals surface area contributed by atoms with Crippen LogP contribution in [0, 0.1) is 0 Å². The lowest BCUT2D eigenvalue weighted by molar-refractivity contribution is -0.133. The summed E-state index contributed by atoms with van der Waals surface area (Å²) in [5, 5.41) is 11.2. The van der Waals surface area contributed by atoms with E-state index in [2.05, 4.69) is 0 Å². The zero-order valence-corrected chi connectivity index (χ0v) is 47.6.